The summed E-state index contributed by atoms with van der Waals surface area (Å²) in [6.45, 7) is 1.69. The van der Waals surface area contributed by atoms with Crippen LogP contribution in [0.1, 0.15) is 18.5 Å². The van der Waals surface area contributed by atoms with Gasteiger partial charge in [0.1, 0.15) is 0 Å². The van der Waals surface area contributed by atoms with Crippen molar-refractivity contribution in [2.45, 2.75) is 25.4 Å². The van der Waals surface area contributed by atoms with Gasteiger partial charge in [-0.3, -0.25) is 15.7 Å². The Morgan fingerprint density at radius 2 is 2.38 bits per heavy atom. The number of anilines is 1. The Kier molecular flexibility index (Phi) is 3.71. The number of hydrogen-bond donors (Lipinski definition) is 3. The Hall–Kier alpha value is -1.17. The summed E-state index contributed by atoms with van der Waals surface area (Å²) in [5.41, 5.74) is 4.46. The van der Waals surface area contributed by atoms with E-state index in [1.807, 2.05) is 12.1 Å². The third-order valence-electron chi connectivity index (χ3n) is 2.80. The van der Waals surface area contributed by atoms with Crippen molar-refractivity contribution in [3.63, 3.8) is 0 Å². The molecule has 5 nitrogen and oxygen atoms in total. The lowest BCUT2D eigenvalue weighted by Crippen LogP contribution is -2.29. The maximum atomic E-state index is 9.00. The van der Waals surface area contributed by atoms with Gasteiger partial charge in [0.05, 0.1) is 18.0 Å². The molecule has 1 heterocycles. The fraction of sp³-hybridized carbons (Fsp3) is 0.545. The van der Waals surface area contributed by atoms with Crippen LogP contribution in [0.3, 0.4) is 0 Å². The van der Waals surface area contributed by atoms with Crippen molar-refractivity contribution in [3.05, 3.63) is 24.0 Å². The van der Waals surface area contributed by atoms with Gasteiger partial charge in [-0.1, -0.05) is 0 Å². The molecule has 1 aromatic heterocycles. The van der Waals surface area contributed by atoms with Crippen LogP contribution >= 0.6 is 0 Å². The van der Waals surface area contributed by atoms with Crippen molar-refractivity contribution in [1.82, 2.24) is 9.88 Å². The summed E-state index contributed by atoms with van der Waals surface area (Å²) in [5, 5.41) is 9.00. The molecule has 1 aromatic rings. The van der Waals surface area contributed by atoms with Crippen LogP contribution in [0.25, 0.3) is 0 Å². The Bertz CT molecular complexity index is 341. The smallest absolute Gasteiger partial charge is 0.0565 e. The van der Waals surface area contributed by atoms with E-state index < -0.39 is 0 Å². The first-order valence-corrected chi connectivity index (χ1v) is 5.60. The van der Waals surface area contributed by atoms with Crippen molar-refractivity contribution in [1.29, 1.82) is 0 Å². The van der Waals surface area contributed by atoms with Gasteiger partial charge in [-0.2, -0.15) is 0 Å². The summed E-state index contributed by atoms with van der Waals surface area (Å²) in [5.74, 6) is 5.35. The summed E-state index contributed by atoms with van der Waals surface area (Å²) >= 11 is 0. The molecule has 2 rings (SSSR count). The number of hydrogen-bond acceptors (Lipinski definition) is 5. The lowest BCUT2D eigenvalue weighted by Gasteiger charge is -2.20. The first-order chi connectivity index (χ1) is 7.83. The summed E-state index contributed by atoms with van der Waals surface area (Å²) in [4.78, 5) is 6.57. The van der Waals surface area contributed by atoms with Crippen molar-refractivity contribution < 1.29 is 5.11 Å². The molecule has 88 valence electrons. The molecule has 0 spiro atoms. The monoisotopic (exact) mass is 222 g/mol. The molecule has 1 saturated carbocycles. The molecule has 1 aliphatic rings. The van der Waals surface area contributed by atoms with Gasteiger partial charge >= 0.3 is 0 Å². The first-order valence-electron chi connectivity index (χ1n) is 5.60. The highest BCUT2D eigenvalue weighted by Crippen LogP contribution is 2.27. The largest absolute Gasteiger partial charge is 0.395 e. The highest BCUT2D eigenvalue weighted by molar-refractivity contribution is 5.41. The first kappa shape index (κ1) is 11.3. The van der Waals surface area contributed by atoms with Crippen LogP contribution in [0.2, 0.25) is 0 Å². The van der Waals surface area contributed by atoms with E-state index >= 15 is 0 Å². The van der Waals surface area contributed by atoms with Gasteiger partial charge in [-0.25, -0.2) is 0 Å². The number of aromatic nitrogens is 1. The normalized spacial score (nSPS) is 15.4. The lowest BCUT2D eigenvalue weighted by atomic mass is 10.3. The summed E-state index contributed by atoms with van der Waals surface area (Å²) in [6.07, 6.45) is 4.21. The predicted octanol–water partition coefficient (Wildman–Crippen LogP) is 0.324. The zero-order valence-corrected chi connectivity index (χ0v) is 9.26. The SMILES string of the molecule is NNc1ccnc(CN(CCO)C2CC2)c1. The quantitative estimate of drug-likeness (QED) is 0.477. The third-order valence-corrected chi connectivity index (χ3v) is 2.80. The number of rotatable bonds is 6. The molecular formula is C11H18N4O. The average molecular weight is 222 g/mol. The van der Waals surface area contributed by atoms with Crippen LogP contribution in [0.15, 0.2) is 18.3 Å². The Morgan fingerprint density at radius 1 is 1.56 bits per heavy atom. The number of aliphatic hydroxyl groups is 1. The molecule has 16 heavy (non-hydrogen) atoms. The molecule has 0 amide bonds. The molecule has 0 radical (unpaired) electrons. The van der Waals surface area contributed by atoms with Crippen LogP contribution in [0.5, 0.6) is 0 Å². The molecule has 0 unspecified atom stereocenters. The Balaban J connectivity index is 1.99. The van der Waals surface area contributed by atoms with E-state index in [2.05, 4.69) is 15.3 Å². The van der Waals surface area contributed by atoms with Crippen molar-refractivity contribution >= 4 is 5.69 Å². The van der Waals surface area contributed by atoms with Crippen LogP contribution in [-0.4, -0.2) is 34.2 Å². The maximum absolute atomic E-state index is 9.00. The number of aliphatic hydroxyl groups excluding tert-OH is 1. The fourth-order valence-corrected chi connectivity index (χ4v) is 1.82. The van der Waals surface area contributed by atoms with Crippen molar-refractivity contribution in [2.24, 2.45) is 5.84 Å². The molecule has 0 aliphatic heterocycles. The van der Waals surface area contributed by atoms with Crippen LogP contribution in [0.4, 0.5) is 5.69 Å². The maximum Gasteiger partial charge on any atom is 0.0565 e. The summed E-state index contributed by atoms with van der Waals surface area (Å²) in [7, 11) is 0. The lowest BCUT2D eigenvalue weighted by molar-refractivity contribution is 0.182. The van der Waals surface area contributed by atoms with E-state index in [9.17, 15) is 0 Å². The zero-order valence-electron chi connectivity index (χ0n) is 9.26. The number of hydrazine groups is 1. The second kappa shape index (κ2) is 5.25. The van der Waals surface area contributed by atoms with Gasteiger partial charge in [0.2, 0.25) is 0 Å². The zero-order chi connectivity index (χ0) is 11.4. The number of nitrogens with two attached hydrogens (primary N) is 1. The number of nitrogens with one attached hydrogen (secondary N) is 1. The predicted molar refractivity (Wildman–Crippen MR) is 62.6 cm³/mol. The molecule has 0 atom stereocenters. The molecule has 1 aliphatic carbocycles. The standard InChI is InChI=1S/C11H18N4O/c12-14-9-3-4-13-10(7-9)8-15(5-6-16)11-1-2-11/h3-4,7,11,16H,1-2,5-6,8,12H2,(H,13,14). The van der Waals surface area contributed by atoms with E-state index in [0.29, 0.717) is 12.6 Å². The Labute approximate surface area is 95.2 Å². The molecule has 5 heteroatoms. The topological polar surface area (TPSA) is 74.4 Å². The van der Waals surface area contributed by atoms with Gasteiger partial charge in [-0.05, 0) is 25.0 Å². The molecule has 0 saturated heterocycles. The minimum Gasteiger partial charge on any atom is -0.395 e. The highest BCUT2D eigenvalue weighted by atomic mass is 16.3. The van der Waals surface area contributed by atoms with E-state index in [0.717, 1.165) is 17.9 Å². The molecule has 0 aromatic carbocycles. The molecular weight excluding hydrogens is 204 g/mol. The van der Waals surface area contributed by atoms with Gasteiger partial charge < -0.3 is 10.5 Å². The van der Waals surface area contributed by atoms with Crippen molar-refractivity contribution in [3.8, 4) is 0 Å². The molecule has 0 bridgehead atoms. The van der Waals surface area contributed by atoms with Gasteiger partial charge in [0.25, 0.3) is 0 Å². The average Bonchev–Trinajstić information content (AvgIpc) is 3.13. The van der Waals surface area contributed by atoms with E-state index in [4.69, 9.17) is 10.9 Å². The second-order valence-corrected chi connectivity index (χ2v) is 4.11. The number of nitrogen functional groups attached to an aromatic ring is 1. The Morgan fingerprint density at radius 3 is 3.00 bits per heavy atom. The van der Waals surface area contributed by atoms with Crippen molar-refractivity contribution in [2.75, 3.05) is 18.6 Å². The second-order valence-electron chi connectivity index (χ2n) is 4.11. The van der Waals surface area contributed by atoms with Crippen LogP contribution in [0, 0.1) is 0 Å². The van der Waals surface area contributed by atoms with Gasteiger partial charge in [0, 0.05) is 25.3 Å². The van der Waals surface area contributed by atoms with Crippen LogP contribution < -0.4 is 11.3 Å². The van der Waals surface area contributed by atoms with E-state index in [1.165, 1.54) is 12.8 Å². The van der Waals surface area contributed by atoms with Crippen LogP contribution in [-0.2, 0) is 6.54 Å². The van der Waals surface area contributed by atoms with Gasteiger partial charge in [-0.15, -0.1) is 0 Å². The minimum absolute atomic E-state index is 0.200. The highest BCUT2D eigenvalue weighted by Gasteiger charge is 2.28. The van der Waals surface area contributed by atoms with E-state index in [1.54, 1.807) is 6.20 Å². The van der Waals surface area contributed by atoms with E-state index in [-0.39, 0.29) is 6.61 Å². The summed E-state index contributed by atoms with van der Waals surface area (Å²) in [6, 6.07) is 4.40. The fourth-order valence-electron chi connectivity index (χ4n) is 1.82. The molecule has 1 fully saturated rings. The third kappa shape index (κ3) is 2.91. The number of pyridine rings is 1. The minimum atomic E-state index is 0.200. The van der Waals surface area contributed by atoms with Gasteiger partial charge in [0.15, 0.2) is 0 Å². The number of nitrogens with zero attached hydrogens (tertiary/aromatic N) is 2. The summed E-state index contributed by atoms with van der Waals surface area (Å²) < 4.78 is 0. The molecule has 4 N–H and O–H groups in total.